The monoisotopic (exact) mass is 498 g/mol. The number of imidazole rings is 1. The number of hydrogen-bond donors (Lipinski definition) is 1. The Morgan fingerprint density at radius 2 is 1.69 bits per heavy atom. The molecule has 0 aliphatic carbocycles. The highest BCUT2D eigenvalue weighted by Crippen LogP contribution is 2.30. The first-order chi connectivity index (χ1) is 16.6. The van der Waals surface area contributed by atoms with Gasteiger partial charge in [-0.25, -0.2) is 13.4 Å². The van der Waals surface area contributed by atoms with Crippen LogP contribution in [0.15, 0.2) is 77.7 Å². The molecule has 0 saturated carbocycles. The first-order valence-corrected chi connectivity index (χ1v) is 12.3. The number of rotatable bonds is 7. The topological polar surface area (TPSA) is 84.3 Å². The number of aromatic nitrogens is 2. The molecule has 4 rings (SSSR count). The Morgan fingerprint density at radius 3 is 2.34 bits per heavy atom. The summed E-state index contributed by atoms with van der Waals surface area (Å²) in [7, 11) is -2.26. The zero-order valence-corrected chi connectivity index (χ0v) is 20.1. The van der Waals surface area contributed by atoms with E-state index in [0.717, 1.165) is 4.57 Å². The van der Waals surface area contributed by atoms with Crippen LogP contribution >= 0.6 is 0 Å². The first kappa shape index (κ1) is 24.5. The minimum absolute atomic E-state index is 0.0163. The van der Waals surface area contributed by atoms with Crippen molar-refractivity contribution in [3.05, 3.63) is 78.4 Å². The minimum Gasteiger partial charge on any atom is -0.322 e. The smallest absolute Gasteiger partial charge is 0.320 e. The number of anilines is 1. The van der Waals surface area contributed by atoms with E-state index in [4.69, 9.17) is 0 Å². The van der Waals surface area contributed by atoms with Crippen molar-refractivity contribution in [1.29, 1.82) is 0 Å². The molecule has 1 amide bonds. The Hall–Kier alpha value is -3.63. The normalized spacial score (nSPS) is 12.1. The zero-order chi connectivity index (χ0) is 25.3. The van der Waals surface area contributed by atoms with Gasteiger partial charge in [-0.15, -0.1) is 0 Å². The molecule has 0 unspecified atom stereocenters. The van der Waals surface area contributed by atoms with Gasteiger partial charge in [0.25, 0.3) is 5.91 Å². The van der Waals surface area contributed by atoms with E-state index in [1.165, 1.54) is 35.6 Å². The standard InChI is InChI=1S/C25H24F2N4O3S/c1-16(2)30(3)35(33,34)20-8-6-7-18(15-20)24(32)28-19-13-11-17(12-14-19)23-29-21-9-4-5-10-22(21)31(23)25(26)27/h4-16,25H,1-3H3,(H,28,32). The van der Waals surface area contributed by atoms with E-state index >= 15 is 0 Å². The van der Waals surface area contributed by atoms with Gasteiger partial charge in [-0.3, -0.25) is 9.36 Å². The van der Waals surface area contributed by atoms with E-state index < -0.39 is 22.5 Å². The number of fused-ring (bicyclic) bond motifs is 1. The van der Waals surface area contributed by atoms with Gasteiger partial charge in [0.1, 0.15) is 5.82 Å². The highest BCUT2D eigenvalue weighted by molar-refractivity contribution is 7.89. The lowest BCUT2D eigenvalue weighted by Crippen LogP contribution is -2.33. The summed E-state index contributed by atoms with van der Waals surface area (Å²) in [5.41, 5.74) is 1.84. The lowest BCUT2D eigenvalue weighted by molar-refractivity contribution is 0.0764. The number of amides is 1. The summed E-state index contributed by atoms with van der Waals surface area (Å²) in [5.74, 6) is -0.381. The van der Waals surface area contributed by atoms with Crippen molar-refractivity contribution in [2.45, 2.75) is 31.3 Å². The van der Waals surface area contributed by atoms with E-state index in [2.05, 4.69) is 10.3 Å². The second-order valence-corrected chi connectivity index (χ2v) is 10.2. The minimum atomic E-state index is -3.74. The van der Waals surface area contributed by atoms with E-state index in [-0.39, 0.29) is 22.3 Å². The molecule has 1 N–H and O–H groups in total. The summed E-state index contributed by atoms with van der Waals surface area (Å²) < 4.78 is 55.1. The highest BCUT2D eigenvalue weighted by Gasteiger charge is 2.24. The maximum absolute atomic E-state index is 13.7. The summed E-state index contributed by atoms with van der Waals surface area (Å²) in [6, 6.07) is 18.5. The molecule has 3 aromatic carbocycles. The van der Waals surface area contributed by atoms with Crippen LogP contribution in [0.2, 0.25) is 0 Å². The van der Waals surface area contributed by atoms with Gasteiger partial charge in [-0.2, -0.15) is 13.1 Å². The molecular weight excluding hydrogens is 474 g/mol. The fourth-order valence-electron chi connectivity index (χ4n) is 3.59. The Morgan fingerprint density at radius 1 is 1.00 bits per heavy atom. The summed E-state index contributed by atoms with van der Waals surface area (Å²) >= 11 is 0. The summed E-state index contributed by atoms with van der Waals surface area (Å²) in [6.07, 6.45) is 0. The Balaban J connectivity index is 1.57. The molecule has 0 atom stereocenters. The third-order valence-corrected chi connectivity index (χ3v) is 7.72. The van der Waals surface area contributed by atoms with Crippen LogP contribution in [-0.2, 0) is 10.0 Å². The van der Waals surface area contributed by atoms with Gasteiger partial charge in [-0.1, -0.05) is 18.2 Å². The highest BCUT2D eigenvalue weighted by atomic mass is 32.2. The van der Waals surface area contributed by atoms with Gasteiger partial charge in [0, 0.05) is 29.9 Å². The number of hydrogen-bond acceptors (Lipinski definition) is 4. The van der Waals surface area contributed by atoms with E-state index in [0.29, 0.717) is 22.3 Å². The number of benzene rings is 3. The van der Waals surface area contributed by atoms with E-state index in [9.17, 15) is 22.0 Å². The van der Waals surface area contributed by atoms with Crippen LogP contribution in [0, 0.1) is 0 Å². The van der Waals surface area contributed by atoms with Crippen LogP contribution in [0.1, 0.15) is 30.8 Å². The van der Waals surface area contributed by atoms with Crippen molar-refractivity contribution in [3.8, 4) is 11.4 Å². The number of carbonyl (C=O) groups excluding carboxylic acids is 1. The number of alkyl halides is 2. The second-order valence-electron chi connectivity index (χ2n) is 8.25. The van der Waals surface area contributed by atoms with Gasteiger partial charge >= 0.3 is 6.55 Å². The second kappa shape index (κ2) is 9.55. The SMILES string of the molecule is CC(C)N(C)S(=O)(=O)c1cccc(C(=O)Nc2ccc(-c3nc4ccccc4n3C(F)F)cc2)c1. The fraction of sp³-hybridized carbons (Fsp3) is 0.200. The first-order valence-electron chi connectivity index (χ1n) is 10.8. The molecule has 0 saturated heterocycles. The van der Waals surface area contributed by atoms with Crippen molar-refractivity contribution in [2.24, 2.45) is 0 Å². The van der Waals surface area contributed by atoms with Crippen LogP contribution in [0.25, 0.3) is 22.4 Å². The molecule has 7 nitrogen and oxygen atoms in total. The van der Waals surface area contributed by atoms with Crippen molar-refractivity contribution < 1.29 is 22.0 Å². The maximum atomic E-state index is 13.7. The van der Waals surface area contributed by atoms with Gasteiger partial charge in [0.05, 0.1) is 15.9 Å². The molecule has 0 radical (unpaired) electrons. The van der Waals surface area contributed by atoms with Crippen molar-refractivity contribution in [1.82, 2.24) is 13.9 Å². The molecule has 1 aromatic heterocycles. The molecule has 0 aliphatic rings. The molecule has 4 aromatic rings. The number of sulfonamides is 1. The third kappa shape index (κ3) is 4.80. The van der Waals surface area contributed by atoms with Gasteiger partial charge in [-0.05, 0) is 68.4 Å². The average Bonchev–Trinajstić information content (AvgIpc) is 3.24. The van der Waals surface area contributed by atoms with Crippen LogP contribution in [-0.4, -0.2) is 41.3 Å². The molecule has 0 bridgehead atoms. The molecule has 10 heteroatoms. The van der Waals surface area contributed by atoms with E-state index in [1.54, 1.807) is 62.4 Å². The largest absolute Gasteiger partial charge is 0.322 e. The number of para-hydroxylation sites is 2. The predicted octanol–water partition coefficient (Wildman–Crippen LogP) is 5.38. The van der Waals surface area contributed by atoms with Gasteiger partial charge in [0.2, 0.25) is 10.0 Å². The Labute approximate surface area is 202 Å². The molecule has 35 heavy (non-hydrogen) atoms. The fourth-order valence-corrected chi connectivity index (χ4v) is 5.01. The summed E-state index contributed by atoms with van der Waals surface area (Å²) in [4.78, 5) is 17.1. The lowest BCUT2D eigenvalue weighted by atomic mass is 10.1. The van der Waals surface area contributed by atoms with Crippen LogP contribution in [0.4, 0.5) is 14.5 Å². The van der Waals surface area contributed by atoms with Crippen molar-refractivity contribution >= 4 is 32.7 Å². The maximum Gasteiger partial charge on any atom is 0.320 e. The zero-order valence-electron chi connectivity index (χ0n) is 19.3. The quantitative estimate of drug-likeness (QED) is 0.371. The van der Waals surface area contributed by atoms with Crippen molar-refractivity contribution in [3.63, 3.8) is 0 Å². The number of carbonyl (C=O) groups is 1. The summed E-state index contributed by atoms with van der Waals surface area (Å²) in [6.45, 7) is 0.748. The third-order valence-electron chi connectivity index (χ3n) is 5.69. The number of nitrogens with one attached hydrogen (secondary N) is 1. The molecule has 1 heterocycles. The number of nitrogens with zero attached hydrogens (tertiary/aromatic N) is 3. The molecular formula is C25H24F2N4O3S. The average molecular weight is 499 g/mol. The summed E-state index contributed by atoms with van der Waals surface area (Å²) in [5, 5.41) is 2.71. The molecule has 0 aliphatic heterocycles. The lowest BCUT2D eigenvalue weighted by Gasteiger charge is -2.21. The van der Waals surface area contributed by atoms with E-state index in [1.807, 2.05) is 0 Å². The Kier molecular flexibility index (Phi) is 6.68. The van der Waals surface area contributed by atoms with Crippen molar-refractivity contribution in [2.75, 3.05) is 12.4 Å². The Bertz CT molecular complexity index is 1480. The number of halogens is 2. The van der Waals surface area contributed by atoms with Crippen LogP contribution < -0.4 is 5.32 Å². The predicted molar refractivity (Wildman–Crippen MR) is 131 cm³/mol. The molecule has 0 spiro atoms. The van der Waals surface area contributed by atoms with Crippen LogP contribution in [0.3, 0.4) is 0 Å². The molecule has 0 fully saturated rings. The molecule has 182 valence electrons. The van der Waals surface area contributed by atoms with Gasteiger partial charge in [0.15, 0.2) is 0 Å². The van der Waals surface area contributed by atoms with Crippen LogP contribution in [0.5, 0.6) is 0 Å². The van der Waals surface area contributed by atoms with Gasteiger partial charge < -0.3 is 5.32 Å².